The molecule has 8 nitrogen and oxygen atoms in total. The van der Waals surface area contributed by atoms with E-state index in [0.29, 0.717) is 19.5 Å². The van der Waals surface area contributed by atoms with Gasteiger partial charge in [-0.15, -0.1) is 6.42 Å². The third-order valence-electron chi connectivity index (χ3n) is 5.88. The number of nitrogens with zero attached hydrogens (tertiary/aromatic N) is 4. The minimum absolute atomic E-state index is 0.0362. The summed E-state index contributed by atoms with van der Waals surface area (Å²) in [5.41, 5.74) is 0.970. The maximum absolute atomic E-state index is 13.4. The van der Waals surface area contributed by atoms with Crippen LogP contribution in [0.4, 0.5) is 4.79 Å². The second-order valence-corrected chi connectivity index (χ2v) is 9.58. The highest BCUT2D eigenvalue weighted by atomic mass is 16.2. The number of hydrazine groups is 1. The van der Waals surface area contributed by atoms with E-state index in [1.54, 1.807) is 19.8 Å². The van der Waals surface area contributed by atoms with E-state index >= 15 is 0 Å². The lowest BCUT2D eigenvalue weighted by Crippen LogP contribution is -2.76. The standard InChI is InChI=1S/C25H35N5O3/c1-6-12-28-17-23(31)29-21(13-18(2)3)24(32)27(15-19(4)5)16-22(29)30(28)25(33)26-14-20-10-8-7-9-11-20/h1,7-11,18-19,21-22H,12-17H2,2-5H3,(H,26,33)/t21-,22-/m0/s1. The fraction of sp³-hybridized carbons (Fsp3) is 0.560. The molecular weight excluding hydrogens is 418 g/mol. The van der Waals surface area contributed by atoms with E-state index in [4.69, 9.17) is 6.42 Å². The minimum atomic E-state index is -0.601. The maximum atomic E-state index is 13.4. The van der Waals surface area contributed by atoms with Gasteiger partial charge in [-0.2, -0.15) is 5.01 Å². The van der Waals surface area contributed by atoms with Crippen molar-refractivity contribution < 1.29 is 14.4 Å². The van der Waals surface area contributed by atoms with Crippen molar-refractivity contribution >= 4 is 17.8 Å². The monoisotopic (exact) mass is 453 g/mol. The lowest BCUT2D eigenvalue weighted by Gasteiger charge is -2.55. The molecule has 0 bridgehead atoms. The lowest BCUT2D eigenvalue weighted by molar-refractivity contribution is -0.190. The number of nitrogens with one attached hydrogen (secondary N) is 1. The molecular formula is C25H35N5O3. The van der Waals surface area contributed by atoms with Crippen LogP contribution in [-0.2, 0) is 16.1 Å². The van der Waals surface area contributed by atoms with Crippen LogP contribution in [0.15, 0.2) is 30.3 Å². The molecule has 2 aliphatic rings. The molecule has 0 unspecified atom stereocenters. The Kier molecular flexibility index (Phi) is 7.98. The van der Waals surface area contributed by atoms with Gasteiger partial charge in [-0.05, 0) is 23.8 Å². The topological polar surface area (TPSA) is 76.2 Å². The summed E-state index contributed by atoms with van der Waals surface area (Å²) in [6.45, 7) is 9.45. The first-order valence-electron chi connectivity index (χ1n) is 11.6. The summed E-state index contributed by atoms with van der Waals surface area (Å²) in [5, 5.41) is 6.13. The van der Waals surface area contributed by atoms with E-state index in [9.17, 15) is 14.4 Å². The number of carbonyl (C=O) groups excluding carboxylic acids is 3. The number of benzene rings is 1. The van der Waals surface area contributed by atoms with Gasteiger partial charge in [-0.1, -0.05) is 63.9 Å². The molecule has 178 valence electrons. The van der Waals surface area contributed by atoms with E-state index < -0.39 is 12.2 Å². The Bertz CT molecular complexity index is 895. The number of piperazine rings is 1. The van der Waals surface area contributed by atoms with Crippen molar-refractivity contribution in [2.24, 2.45) is 11.8 Å². The van der Waals surface area contributed by atoms with Crippen molar-refractivity contribution in [2.45, 2.75) is 52.9 Å². The molecule has 0 radical (unpaired) electrons. The lowest BCUT2D eigenvalue weighted by atomic mass is 9.96. The van der Waals surface area contributed by atoms with Gasteiger partial charge in [0.05, 0.1) is 19.6 Å². The summed E-state index contributed by atoms with van der Waals surface area (Å²) in [5.74, 6) is 2.82. The van der Waals surface area contributed by atoms with Crippen LogP contribution in [0.1, 0.15) is 39.7 Å². The largest absolute Gasteiger partial charge is 0.337 e. The van der Waals surface area contributed by atoms with Gasteiger partial charge in [0, 0.05) is 13.1 Å². The number of amides is 4. The number of fused-ring (bicyclic) bond motifs is 1. The average molecular weight is 454 g/mol. The number of hydrogen-bond donors (Lipinski definition) is 1. The number of hydrogen-bond acceptors (Lipinski definition) is 4. The molecule has 0 aliphatic carbocycles. The number of carbonyl (C=O) groups is 3. The molecule has 4 amide bonds. The molecule has 1 N–H and O–H groups in total. The van der Waals surface area contributed by atoms with Gasteiger partial charge in [-0.3, -0.25) is 9.59 Å². The molecule has 2 fully saturated rings. The first-order valence-corrected chi connectivity index (χ1v) is 11.6. The molecule has 1 aromatic rings. The predicted octanol–water partition coefficient (Wildman–Crippen LogP) is 2.13. The molecule has 2 heterocycles. The molecule has 2 atom stereocenters. The van der Waals surface area contributed by atoms with Gasteiger partial charge in [-0.25, -0.2) is 9.80 Å². The molecule has 0 saturated carbocycles. The van der Waals surface area contributed by atoms with Crippen molar-refractivity contribution in [2.75, 3.05) is 26.2 Å². The SMILES string of the molecule is C#CCN1CC(=O)N2[C@@H](CC(C)C)C(=O)N(CC(C)C)C[C@@H]2N1C(=O)NCc1ccccc1. The van der Waals surface area contributed by atoms with Crippen LogP contribution in [0.25, 0.3) is 0 Å². The summed E-state index contributed by atoms with van der Waals surface area (Å²) in [6, 6.07) is 8.71. The summed E-state index contributed by atoms with van der Waals surface area (Å²) in [6.07, 6.45) is 5.51. The summed E-state index contributed by atoms with van der Waals surface area (Å²) < 4.78 is 0. The zero-order valence-electron chi connectivity index (χ0n) is 20.0. The van der Waals surface area contributed by atoms with Gasteiger partial charge in [0.25, 0.3) is 0 Å². The Morgan fingerprint density at radius 3 is 2.45 bits per heavy atom. The van der Waals surface area contributed by atoms with Crippen molar-refractivity contribution in [3.63, 3.8) is 0 Å². The van der Waals surface area contributed by atoms with E-state index in [-0.39, 0.29) is 49.3 Å². The van der Waals surface area contributed by atoms with E-state index in [0.717, 1.165) is 5.56 Å². The van der Waals surface area contributed by atoms with Crippen LogP contribution >= 0.6 is 0 Å². The summed E-state index contributed by atoms with van der Waals surface area (Å²) in [4.78, 5) is 43.4. The fourth-order valence-corrected chi connectivity index (χ4v) is 4.57. The smallest absolute Gasteiger partial charge is 0.334 e. The Labute approximate surface area is 196 Å². The van der Waals surface area contributed by atoms with Crippen LogP contribution < -0.4 is 5.32 Å². The van der Waals surface area contributed by atoms with E-state index in [2.05, 4.69) is 25.1 Å². The van der Waals surface area contributed by atoms with Crippen LogP contribution in [0, 0.1) is 24.2 Å². The fourth-order valence-electron chi connectivity index (χ4n) is 4.57. The van der Waals surface area contributed by atoms with Gasteiger partial charge >= 0.3 is 6.03 Å². The first-order chi connectivity index (χ1) is 15.7. The number of urea groups is 1. The van der Waals surface area contributed by atoms with Crippen LogP contribution in [0.5, 0.6) is 0 Å². The molecule has 3 rings (SSSR count). The normalized spacial score (nSPS) is 21.4. The molecule has 2 saturated heterocycles. The third kappa shape index (κ3) is 5.66. The highest BCUT2D eigenvalue weighted by Crippen LogP contribution is 2.29. The molecule has 8 heteroatoms. The van der Waals surface area contributed by atoms with Gasteiger partial charge in [0.15, 0.2) is 0 Å². The number of terminal acetylenes is 1. The van der Waals surface area contributed by atoms with Gasteiger partial charge < -0.3 is 15.1 Å². The molecule has 1 aromatic carbocycles. The average Bonchev–Trinajstić information content (AvgIpc) is 2.75. The van der Waals surface area contributed by atoms with Crippen LogP contribution in [-0.4, -0.2) is 76.0 Å². The Morgan fingerprint density at radius 2 is 1.85 bits per heavy atom. The predicted molar refractivity (Wildman–Crippen MR) is 126 cm³/mol. The van der Waals surface area contributed by atoms with Gasteiger partial charge in [0.1, 0.15) is 12.2 Å². The Balaban J connectivity index is 1.92. The summed E-state index contributed by atoms with van der Waals surface area (Å²) >= 11 is 0. The van der Waals surface area contributed by atoms with Crippen molar-refractivity contribution in [3.8, 4) is 12.3 Å². The zero-order chi connectivity index (χ0) is 24.1. The van der Waals surface area contributed by atoms with Crippen LogP contribution in [0.2, 0.25) is 0 Å². The molecule has 0 spiro atoms. The van der Waals surface area contributed by atoms with Crippen LogP contribution in [0.3, 0.4) is 0 Å². The number of rotatable bonds is 7. The maximum Gasteiger partial charge on any atom is 0.334 e. The van der Waals surface area contributed by atoms with Crippen molar-refractivity contribution in [3.05, 3.63) is 35.9 Å². The summed E-state index contributed by atoms with van der Waals surface area (Å²) in [7, 11) is 0. The van der Waals surface area contributed by atoms with Crippen molar-refractivity contribution in [1.82, 2.24) is 25.1 Å². The van der Waals surface area contributed by atoms with E-state index in [1.807, 2.05) is 44.2 Å². The van der Waals surface area contributed by atoms with Gasteiger partial charge in [0.2, 0.25) is 11.8 Å². The highest BCUT2D eigenvalue weighted by molar-refractivity contribution is 5.91. The molecule has 2 aliphatic heterocycles. The van der Waals surface area contributed by atoms with Crippen molar-refractivity contribution in [1.29, 1.82) is 0 Å². The highest BCUT2D eigenvalue weighted by Gasteiger charge is 2.51. The second-order valence-electron chi connectivity index (χ2n) is 9.58. The molecule has 0 aromatic heterocycles. The Hall–Kier alpha value is -3.05. The van der Waals surface area contributed by atoms with E-state index in [1.165, 1.54) is 0 Å². The second kappa shape index (κ2) is 10.7. The minimum Gasteiger partial charge on any atom is -0.337 e. The first kappa shape index (κ1) is 24.6. The third-order valence-corrected chi connectivity index (χ3v) is 5.88. The zero-order valence-corrected chi connectivity index (χ0v) is 20.0. The Morgan fingerprint density at radius 1 is 1.15 bits per heavy atom. The molecule has 33 heavy (non-hydrogen) atoms. The quantitative estimate of drug-likeness (QED) is 0.642.